The van der Waals surface area contributed by atoms with E-state index in [-0.39, 0.29) is 12.7 Å². The fourth-order valence-electron chi connectivity index (χ4n) is 1.22. The second kappa shape index (κ2) is 3.91. The molecule has 2 N–H and O–H groups in total. The van der Waals surface area contributed by atoms with Crippen LogP contribution >= 0.6 is 0 Å². The van der Waals surface area contributed by atoms with Gasteiger partial charge in [-0.05, 0) is 19.3 Å². The molecular weight excluding hydrogens is 132 g/mol. The number of aliphatic hydroxyl groups excluding tert-OH is 2. The summed E-state index contributed by atoms with van der Waals surface area (Å²) in [6.45, 7) is 0.218. The lowest BCUT2D eigenvalue weighted by Gasteiger charge is -2.07. The Balaban J connectivity index is 2.06. The van der Waals surface area contributed by atoms with Gasteiger partial charge >= 0.3 is 0 Å². The molecule has 0 aromatic rings. The van der Waals surface area contributed by atoms with E-state index in [1.54, 1.807) is 0 Å². The molecule has 0 aliphatic carbocycles. The van der Waals surface area contributed by atoms with E-state index in [2.05, 4.69) is 0 Å². The van der Waals surface area contributed by atoms with Crippen molar-refractivity contribution in [2.45, 2.75) is 38.1 Å². The van der Waals surface area contributed by atoms with Gasteiger partial charge in [0.1, 0.15) is 0 Å². The van der Waals surface area contributed by atoms with E-state index in [9.17, 15) is 0 Å². The highest BCUT2D eigenvalue weighted by Gasteiger charge is 2.21. The first-order valence-electron chi connectivity index (χ1n) is 3.77. The maximum atomic E-state index is 8.91. The lowest BCUT2D eigenvalue weighted by molar-refractivity contribution is -0.0924. The van der Waals surface area contributed by atoms with Crippen LogP contribution in [-0.2, 0) is 4.74 Å². The van der Waals surface area contributed by atoms with Crippen molar-refractivity contribution in [3.8, 4) is 0 Å². The van der Waals surface area contributed by atoms with Crippen LogP contribution in [0.4, 0.5) is 0 Å². The topological polar surface area (TPSA) is 49.7 Å². The van der Waals surface area contributed by atoms with Gasteiger partial charge in [-0.2, -0.15) is 0 Å². The Morgan fingerprint density at radius 1 is 1.40 bits per heavy atom. The maximum Gasteiger partial charge on any atom is 0.154 e. The second-order valence-corrected chi connectivity index (χ2v) is 2.66. The highest BCUT2D eigenvalue weighted by Crippen LogP contribution is 2.20. The molecule has 2 unspecified atom stereocenters. The predicted octanol–water partition coefficient (Wildman–Crippen LogP) is 0.256. The van der Waals surface area contributed by atoms with Crippen LogP contribution in [0.2, 0.25) is 0 Å². The lowest BCUT2D eigenvalue weighted by atomic mass is 10.1. The van der Waals surface area contributed by atoms with Crippen LogP contribution in [-0.4, -0.2) is 29.2 Å². The second-order valence-electron chi connectivity index (χ2n) is 2.66. The molecule has 0 saturated carbocycles. The number of hydrogen-bond acceptors (Lipinski definition) is 3. The van der Waals surface area contributed by atoms with E-state index in [1.807, 2.05) is 0 Å². The Bertz CT molecular complexity index is 94.9. The summed E-state index contributed by atoms with van der Waals surface area (Å²) >= 11 is 0. The fraction of sp³-hybridized carbons (Fsp3) is 1.00. The molecule has 1 rings (SSSR count). The Morgan fingerprint density at radius 3 is 2.70 bits per heavy atom. The monoisotopic (exact) mass is 146 g/mol. The standard InChI is InChI=1S/C7H14O3/c8-5-1-2-6-3-4-7(9)10-6/h6-9H,1-5H2. The minimum atomic E-state index is -0.552. The normalized spacial score (nSPS) is 33.0. The summed E-state index contributed by atoms with van der Waals surface area (Å²) in [6, 6.07) is 0. The summed E-state index contributed by atoms with van der Waals surface area (Å²) in [5.74, 6) is 0. The van der Waals surface area contributed by atoms with Crippen molar-refractivity contribution < 1.29 is 14.9 Å². The Labute approximate surface area is 60.6 Å². The van der Waals surface area contributed by atoms with Gasteiger partial charge in [0, 0.05) is 13.0 Å². The van der Waals surface area contributed by atoms with E-state index in [1.165, 1.54) is 0 Å². The molecule has 1 saturated heterocycles. The maximum absolute atomic E-state index is 8.91. The fourth-order valence-corrected chi connectivity index (χ4v) is 1.22. The molecule has 0 radical (unpaired) electrons. The zero-order valence-corrected chi connectivity index (χ0v) is 5.99. The third-order valence-electron chi connectivity index (χ3n) is 1.77. The molecule has 60 valence electrons. The lowest BCUT2D eigenvalue weighted by Crippen LogP contribution is -2.10. The first kappa shape index (κ1) is 7.98. The summed E-state index contributed by atoms with van der Waals surface area (Å²) in [6.07, 6.45) is 2.95. The number of ether oxygens (including phenoxy) is 1. The molecule has 0 aromatic carbocycles. The van der Waals surface area contributed by atoms with Gasteiger partial charge < -0.3 is 14.9 Å². The molecular formula is C7H14O3. The van der Waals surface area contributed by atoms with Crippen LogP contribution in [0.5, 0.6) is 0 Å². The van der Waals surface area contributed by atoms with E-state index in [0.717, 1.165) is 25.7 Å². The first-order chi connectivity index (χ1) is 4.83. The van der Waals surface area contributed by atoms with E-state index < -0.39 is 6.29 Å². The number of rotatable bonds is 3. The average molecular weight is 146 g/mol. The Hall–Kier alpha value is -0.120. The van der Waals surface area contributed by atoms with Crippen molar-refractivity contribution in [2.75, 3.05) is 6.61 Å². The van der Waals surface area contributed by atoms with Gasteiger partial charge in [-0.15, -0.1) is 0 Å². The largest absolute Gasteiger partial charge is 0.396 e. The minimum absolute atomic E-state index is 0.183. The van der Waals surface area contributed by atoms with Gasteiger partial charge in [-0.1, -0.05) is 0 Å². The molecule has 1 fully saturated rings. The first-order valence-corrected chi connectivity index (χ1v) is 3.77. The summed E-state index contributed by atoms with van der Waals surface area (Å²) in [5, 5.41) is 17.4. The van der Waals surface area contributed by atoms with Crippen molar-refractivity contribution in [1.29, 1.82) is 0 Å². The molecule has 1 heterocycles. The van der Waals surface area contributed by atoms with Crippen LogP contribution < -0.4 is 0 Å². The van der Waals surface area contributed by atoms with Crippen LogP contribution in [0.3, 0.4) is 0 Å². The molecule has 3 heteroatoms. The zero-order chi connectivity index (χ0) is 7.40. The number of hydrogen-bond donors (Lipinski definition) is 2. The van der Waals surface area contributed by atoms with Crippen LogP contribution in [0.15, 0.2) is 0 Å². The molecule has 10 heavy (non-hydrogen) atoms. The third kappa shape index (κ3) is 2.25. The molecule has 1 aliphatic heterocycles. The molecule has 2 atom stereocenters. The molecule has 3 nitrogen and oxygen atoms in total. The van der Waals surface area contributed by atoms with Gasteiger partial charge in [-0.3, -0.25) is 0 Å². The summed E-state index contributed by atoms with van der Waals surface area (Å²) in [4.78, 5) is 0. The molecule has 0 amide bonds. The van der Waals surface area contributed by atoms with Crippen molar-refractivity contribution in [3.63, 3.8) is 0 Å². The quantitative estimate of drug-likeness (QED) is 0.600. The van der Waals surface area contributed by atoms with Crippen molar-refractivity contribution in [3.05, 3.63) is 0 Å². The highest BCUT2D eigenvalue weighted by atomic mass is 16.6. The molecule has 1 aliphatic rings. The van der Waals surface area contributed by atoms with Crippen LogP contribution in [0.25, 0.3) is 0 Å². The summed E-state index contributed by atoms with van der Waals surface area (Å²) in [7, 11) is 0. The van der Waals surface area contributed by atoms with Gasteiger partial charge in [0.2, 0.25) is 0 Å². The Morgan fingerprint density at radius 2 is 2.20 bits per heavy atom. The Kier molecular flexibility index (Phi) is 3.12. The van der Waals surface area contributed by atoms with E-state index >= 15 is 0 Å². The highest BCUT2D eigenvalue weighted by molar-refractivity contribution is 4.66. The molecule has 0 aromatic heterocycles. The number of aliphatic hydroxyl groups is 2. The minimum Gasteiger partial charge on any atom is -0.396 e. The zero-order valence-electron chi connectivity index (χ0n) is 5.99. The van der Waals surface area contributed by atoms with Crippen LogP contribution in [0.1, 0.15) is 25.7 Å². The molecule has 0 bridgehead atoms. The van der Waals surface area contributed by atoms with Crippen molar-refractivity contribution >= 4 is 0 Å². The van der Waals surface area contributed by atoms with Gasteiger partial charge in [0.05, 0.1) is 6.10 Å². The summed E-state index contributed by atoms with van der Waals surface area (Å²) in [5.41, 5.74) is 0. The molecule has 0 spiro atoms. The van der Waals surface area contributed by atoms with Gasteiger partial charge in [0.25, 0.3) is 0 Å². The van der Waals surface area contributed by atoms with E-state index in [0.29, 0.717) is 0 Å². The van der Waals surface area contributed by atoms with Gasteiger partial charge in [-0.25, -0.2) is 0 Å². The van der Waals surface area contributed by atoms with Crippen molar-refractivity contribution in [2.24, 2.45) is 0 Å². The average Bonchev–Trinajstić information content (AvgIpc) is 2.31. The summed E-state index contributed by atoms with van der Waals surface area (Å²) < 4.78 is 5.11. The van der Waals surface area contributed by atoms with Crippen molar-refractivity contribution in [1.82, 2.24) is 0 Å². The smallest absolute Gasteiger partial charge is 0.154 e. The van der Waals surface area contributed by atoms with E-state index in [4.69, 9.17) is 14.9 Å². The van der Waals surface area contributed by atoms with Crippen LogP contribution in [0, 0.1) is 0 Å². The third-order valence-corrected chi connectivity index (χ3v) is 1.77. The van der Waals surface area contributed by atoms with Gasteiger partial charge in [0.15, 0.2) is 6.29 Å². The predicted molar refractivity (Wildman–Crippen MR) is 36.4 cm³/mol. The SMILES string of the molecule is OCCCC1CCC(O)O1.